The van der Waals surface area contributed by atoms with Crippen molar-refractivity contribution in [2.45, 2.75) is 52.0 Å². The van der Waals surface area contributed by atoms with E-state index in [1.165, 1.54) is 6.26 Å². The summed E-state index contributed by atoms with van der Waals surface area (Å²) < 4.78 is 28.5. The third-order valence-corrected chi connectivity index (χ3v) is 5.45. The maximum absolute atomic E-state index is 12.4. The molecule has 1 aromatic heterocycles. The normalized spacial score (nSPS) is 14.2. The standard InChI is InChI=1S/C21H28N4O4S/c1-14-10-17(7-6-16(14)13-30(5,27)28)23-19-22-11-15-8-9-25(12-18(15)24-19)20(26)29-21(2,3)4/h6-7,10-11H,8-9,12-13H2,1-5H3,(H,22,23,24). The zero-order chi connectivity index (χ0) is 22.1. The molecule has 1 aromatic carbocycles. The van der Waals surface area contributed by atoms with Gasteiger partial charge in [-0.2, -0.15) is 0 Å². The van der Waals surface area contributed by atoms with Crippen LogP contribution in [0.25, 0.3) is 0 Å². The zero-order valence-corrected chi connectivity index (χ0v) is 18.8. The first kappa shape index (κ1) is 22.0. The van der Waals surface area contributed by atoms with Crippen LogP contribution in [0.1, 0.15) is 43.2 Å². The number of hydrogen-bond acceptors (Lipinski definition) is 7. The third-order valence-electron chi connectivity index (χ3n) is 4.61. The number of rotatable bonds is 4. The highest BCUT2D eigenvalue weighted by atomic mass is 32.2. The Morgan fingerprint density at radius 1 is 1.30 bits per heavy atom. The number of nitrogens with zero attached hydrogens (tertiary/aromatic N) is 3. The lowest BCUT2D eigenvalue weighted by molar-refractivity contribution is 0.0220. The van der Waals surface area contributed by atoms with E-state index in [1.807, 2.05) is 39.8 Å². The maximum Gasteiger partial charge on any atom is 0.410 e. The Morgan fingerprint density at radius 2 is 2.03 bits per heavy atom. The Morgan fingerprint density at radius 3 is 2.67 bits per heavy atom. The smallest absolute Gasteiger partial charge is 0.410 e. The maximum atomic E-state index is 12.4. The molecule has 1 aliphatic heterocycles. The molecule has 0 saturated carbocycles. The second-order valence-electron chi connectivity index (χ2n) is 8.65. The van der Waals surface area contributed by atoms with Crippen molar-refractivity contribution in [2.75, 3.05) is 18.1 Å². The van der Waals surface area contributed by atoms with E-state index in [2.05, 4.69) is 15.3 Å². The lowest BCUT2D eigenvalue weighted by Gasteiger charge is -2.30. The average molecular weight is 433 g/mol. The molecule has 1 N–H and O–H groups in total. The van der Waals surface area contributed by atoms with E-state index < -0.39 is 15.4 Å². The number of carbonyl (C=O) groups is 1. The number of amides is 1. The van der Waals surface area contributed by atoms with Crippen LogP contribution in [-0.2, 0) is 33.3 Å². The minimum Gasteiger partial charge on any atom is -0.444 e. The minimum atomic E-state index is -3.09. The fraction of sp³-hybridized carbons (Fsp3) is 0.476. The summed E-state index contributed by atoms with van der Waals surface area (Å²) in [6.07, 6.45) is 3.33. The van der Waals surface area contributed by atoms with E-state index in [0.717, 1.165) is 28.1 Å². The molecule has 30 heavy (non-hydrogen) atoms. The number of aryl methyl sites for hydroxylation is 1. The van der Waals surface area contributed by atoms with Crippen LogP contribution >= 0.6 is 0 Å². The van der Waals surface area contributed by atoms with Crippen molar-refractivity contribution in [3.63, 3.8) is 0 Å². The number of fused-ring (bicyclic) bond motifs is 1. The van der Waals surface area contributed by atoms with Crippen molar-refractivity contribution in [2.24, 2.45) is 0 Å². The van der Waals surface area contributed by atoms with Crippen molar-refractivity contribution < 1.29 is 17.9 Å². The molecule has 162 valence electrons. The highest BCUT2D eigenvalue weighted by Crippen LogP contribution is 2.23. The van der Waals surface area contributed by atoms with Crippen LogP contribution in [0.3, 0.4) is 0 Å². The van der Waals surface area contributed by atoms with Gasteiger partial charge in [-0.1, -0.05) is 6.07 Å². The highest BCUT2D eigenvalue weighted by molar-refractivity contribution is 7.89. The van der Waals surface area contributed by atoms with Crippen molar-refractivity contribution >= 4 is 27.6 Å². The van der Waals surface area contributed by atoms with Gasteiger partial charge in [0.2, 0.25) is 5.95 Å². The third kappa shape index (κ3) is 5.91. The SMILES string of the molecule is Cc1cc(Nc2ncc3c(n2)CN(C(=O)OC(C)(C)C)CC3)ccc1CS(C)(=O)=O. The van der Waals surface area contributed by atoms with Crippen LogP contribution in [0.4, 0.5) is 16.4 Å². The molecule has 3 rings (SSSR count). The predicted molar refractivity (Wildman–Crippen MR) is 115 cm³/mol. The number of nitrogens with one attached hydrogen (secondary N) is 1. The van der Waals surface area contributed by atoms with Crippen LogP contribution in [0.5, 0.6) is 0 Å². The van der Waals surface area contributed by atoms with Gasteiger partial charge < -0.3 is 15.0 Å². The van der Waals surface area contributed by atoms with Gasteiger partial charge in [-0.3, -0.25) is 0 Å². The van der Waals surface area contributed by atoms with Crippen LogP contribution < -0.4 is 5.32 Å². The Hall–Kier alpha value is -2.68. The monoisotopic (exact) mass is 432 g/mol. The number of anilines is 2. The molecule has 1 amide bonds. The van der Waals surface area contributed by atoms with E-state index in [0.29, 0.717) is 25.5 Å². The summed E-state index contributed by atoms with van der Waals surface area (Å²) in [5.74, 6) is 0.435. The predicted octanol–water partition coefficient (Wildman–Crippen LogP) is 3.37. The van der Waals surface area contributed by atoms with Gasteiger partial charge >= 0.3 is 6.09 Å². The lowest BCUT2D eigenvalue weighted by Crippen LogP contribution is -2.40. The lowest BCUT2D eigenvalue weighted by atomic mass is 10.1. The highest BCUT2D eigenvalue weighted by Gasteiger charge is 2.26. The fourth-order valence-electron chi connectivity index (χ4n) is 3.19. The van der Waals surface area contributed by atoms with Crippen LogP contribution in [-0.4, -0.2) is 47.8 Å². The summed E-state index contributed by atoms with van der Waals surface area (Å²) in [6.45, 7) is 8.34. The molecule has 1 aliphatic rings. The molecule has 0 unspecified atom stereocenters. The van der Waals surface area contributed by atoms with Crippen LogP contribution in [0.2, 0.25) is 0 Å². The summed E-state index contributed by atoms with van der Waals surface area (Å²) in [6, 6.07) is 5.47. The van der Waals surface area contributed by atoms with Crippen molar-refractivity contribution in [3.8, 4) is 0 Å². The zero-order valence-electron chi connectivity index (χ0n) is 18.0. The number of carbonyl (C=O) groups excluding carboxylic acids is 1. The molecule has 2 aromatic rings. The quantitative estimate of drug-likeness (QED) is 0.790. The Labute approximate surface area is 177 Å². The fourth-order valence-corrected chi connectivity index (χ4v) is 4.08. The van der Waals surface area contributed by atoms with Gasteiger partial charge in [0.15, 0.2) is 9.84 Å². The molecule has 2 heterocycles. The molecule has 0 radical (unpaired) electrons. The molecule has 0 atom stereocenters. The van der Waals surface area contributed by atoms with E-state index in [4.69, 9.17) is 4.74 Å². The molecule has 0 bridgehead atoms. The molecule has 8 nitrogen and oxygen atoms in total. The molecular formula is C21H28N4O4S. The van der Waals surface area contributed by atoms with Gasteiger partial charge in [0.25, 0.3) is 0 Å². The summed E-state index contributed by atoms with van der Waals surface area (Å²) in [7, 11) is -3.09. The van der Waals surface area contributed by atoms with Gasteiger partial charge in [0.1, 0.15) is 5.60 Å². The summed E-state index contributed by atoms with van der Waals surface area (Å²) >= 11 is 0. The van der Waals surface area contributed by atoms with Gasteiger partial charge in [-0.25, -0.2) is 23.2 Å². The van der Waals surface area contributed by atoms with Crippen LogP contribution in [0, 0.1) is 6.92 Å². The van der Waals surface area contributed by atoms with Crippen molar-refractivity contribution in [3.05, 3.63) is 46.8 Å². The number of benzene rings is 1. The summed E-state index contributed by atoms with van der Waals surface area (Å²) in [4.78, 5) is 23.0. The minimum absolute atomic E-state index is 0.00889. The topological polar surface area (TPSA) is 101 Å². The first-order chi connectivity index (χ1) is 13.9. The van der Waals surface area contributed by atoms with Crippen molar-refractivity contribution in [1.29, 1.82) is 0 Å². The molecule has 0 aliphatic carbocycles. The number of sulfone groups is 1. The van der Waals surface area contributed by atoms with E-state index in [1.54, 1.807) is 17.2 Å². The molecular weight excluding hydrogens is 404 g/mol. The number of ether oxygens (including phenoxy) is 1. The second kappa shape index (κ2) is 8.22. The molecule has 0 spiro atoms. The number of hydrogen-bond donors (Lipinski definition) is 1. The Balaban J connectivity index is 1.73. The Bertz CT molecular complexity index is 1060. The number of aromatic nitrogens is 2. The summed E-state index contributed by atoms with van der Waals surface area (Å²) in [5, 5.41) is 3.16. The average Bonchev–Trinajstić information content (AvgIpc) is 2.61. The first-order valence-corrected chi connectivity index (χ1v) is 11.8. The van der Waals surface area contributed by atoms with Crippen LogP contribution in [0.15, 0.2) is 24.4 Å². The molecule has 0 fully saturated rings. The van der Waals surface area contributed by atoms with E-state index in [9.17, 15) is 13.2 Å². The van der Waals surface area contributed by atoms with Crippen molar-refractivity contribution in [1.82, 2.24) is 14.9 Å². The second-order valence-corrected chi connectivity index (χ2v) is 10.8. The first-order valence-electron chi connectivity index (χ1n) is 9.77. The van der Waals surface area contributed by atoms with E-state index in [-0.39, 0.29) is 11.8 Å². The Kier molecular flexibility index (Phi) is 6.03. The molecule has 9 heteroatoms. The van der Waals surface area contributed by atoms with E-state index >= 15 is 0 Å². The summed E-state index contributed by atoms with van der Waals surface area (Å²) in [5.41, 5.74) is 3.66. The van der Waals surface area contributed by atoms with Gasteiger partial charge in [0, 0.05) is 24.7 Å². The largest absolute Gasteiger partial charge is 0.444 e. The van der Waals surface area contributed by atoms with Gasteiger partial charge in [-0.05, 0) is 62.9 Å². The van der Waals surface area contributed by atoms with Gasteiger partial charge in [-0.15, -0.1) is 0 Å². The van der Waals surface area contributed by atoms with Gasteiger partial charge in [0.05, 0.1) is 18.0 Å². The molecule has 0 saturated heterocycles.